The second kappa shape index (κ2) is 6.70. The van der Waals surface area contributed by atoms with Gasteiger partial charge < -0.3 is 10.1 Å². The Morgan fingerprint density at radius 1 is 1.40 bits per heavy atom. The van der Waals surface area contributed by atoms with Crippen molar-refractivity contribution in [1.82, 2.24) is 10.2 Å². The molecule has 0 spiro atoms. The average molecular weight is 277 g/mol. The molecule has 6 heteroatoms. The number of nitrogens with zero attached hydrogens (tertiary/aromatic N) is 1. The molecule has 106 valence electrons. The Bertz CT molecular complexity index is 566. The van der Waals surface area contributed by atoms with Gasteiger partial charge in [-0.3, -0.25) is 9.89 Å². The second-order valence-corrected chi connectivity index (χ2v) is 4.39. The van der Waals surface area contributed by atoms with Crippen molar-refractivity contribution in [3.8, 4) is 5.75 Å². The highest BCUT2D eigenvalue weighted by Crippen LogP contribution is 2.11. The van der Waals surface area contributed by atoms with Gasteiger partial charge in [0.1, 0.15) is 11.6 Å². The summed E-state index contributed by atoms with van der Waals surface area (Å²) in [5.41, 5.74) is 0.889. The fourth-order valence-corrected chi connectivity index (χ4v) is 1.64. The summed E-state index contributed by atoms with van der Waals surface area (Å²) in [6.45, 7) is 2.26. The Labute approximate surface area is 116 Å². The number of nitrogens with one attached hydrogen (secondary N) is 2. The number of H-pyrrole nitrogens is 1. The predicted molar refractivity (Wildman–Crippen MR) is 73.1 cm³/mol. The Morgan fingerprint density at radius 2 is 2.15 bits per heavy atom. The van der Waals surface area contributed by atoms with E-state index in [0.29, 0.717) is 31.0 Å². The van der Waals surface area contributed by atoms with Crippen LogP contribution in [0.1, 0.15) is 18.5 Å². The van der Waals surface area contributed by atoms with Crippen molar-refractivity contribution in [3.63, 3.8) is 0 Å². The van der Waals surface area contributed by atoms with E-state index in [2.05, 4.69) is 15.5 Å². The van der Waals surface area contributed by atoms with Crippen molar-refractivity contribution < 1.29 is 13.9 Å². The fraction of sp³-hybridized carbons (Fsp3) is 0.286. The third kappa shape index (κ3) is 4.38. The first kappa shape index (κ1) is 14.0. The van der Waals surface area contributed by atoms with E-state index in [1.54, 1.807) is 18.2 Å². The maximum atomic E-state index is 12.7. The number of aryl methyl sites for hydroxylation is 1. The Hall–Kier alpha value is -2.37. The molecule has 20 heavy (non-hydrogen) atoms. The maximum Gasteiger partial charge on any atom is 0.225 e. The number of hydrogen-bond acceptors (Lipinski definition) is 3. The van der Waals surface area contributed by atoms with Gasteiger partial charge in [0.25, 0.3) is 0 Å². The molecule has 0 aliphatic rings. The van der Waals surface area contributed by atoms with Gasteiger partial charge in [0.2, 0.25) is 5.91 Å². The van der Waals surface area contributed by atoms with Gasteiger partial charge in [0.15, 0.2) is 5.82 Å². The third-order valence-electron chi connectivity index (χ3n) is 2.60. The van der Waals surface area contributed by atoms with E-state index in [0.717, 1.165) is 5.69 Å². The lowest BCUT2D eigenvalue weighted by atomic mass is 10.3. The highest BCUT2D eigenvalue weighted by Gasteiger charge is 2.04. The molecule has 0 bridgehead atoms. The number of aromatic nitrogens is 2. The van der Waals surface area contributed by atoms with Crippen LogP contribution in [-0.4, -0.2) is 22.7 Å². The first-order valence-electron chi connectivity index (χ1n) is 6.34. The molecule has 0 aliphatic carbocycles. The molecule has 2 N–H and O–H groups in total. The monoisotopic (exact) mass is 277 g/mol. The first-order chi connectivity index (χ1) is 9.63. The lowest BCUT2D eigenvalue weighted by Crippen LogP contribution is -2.13. The van der Waals surface area contributed by atoms with Crippen LogP contribution in [-0.2, 0) is 4.79 Å². The van der Waals surface area contributed by atoms with Gasteiger partial charge in [0, 0.05) is 18.2 Å². The van der Waals surface area contributed by atoms with Crippen LogP contribution in [0, 0.1) is 12.7 Å². The Balaban J connectivity index is 1.65. The number of benzene rings is 1. The minimum atomic E-state index is -0.300. The topological polar surface area (TPSA) is 67.0 Å². The average Bonchev–Trinajstić information content (AvgIpc) is 2.82. The number of anilines is 1. The molecule has 0 unspecified atom stereocenters. The molecule has 2 aromatic rings. The summed E-state index contributed by atoms with van der Waals surface area (Å²) in [5, 5.41) is 9.35. The number of aromatic amines is 1. The van der Waals surface area contributed by atoms with Gasteiger partial charge in [-0.1, -0.05) is 0 Å². The fourth-order valence-electron chi connectivity index (χ4n) is 1.64. The molecule has 2 rings (SSSR count). The molecule has 1 aromatic heterocycles. The number of ether oxygens (including phenoxy) is 1. The zero-order valence-corrected chi connectivity index (χ0v) is 11.1. The summed E-state index contributed by atoms with van der Waals surface area (Å²) in [6.07, 6.45) is 0.916. The number of amides is 1. The zero-order valence-electron chi connectivity index (χ0n) is 11.1. The van der Waals surface area contributed by atoms with Crippen molar-refractivity contribution in [1.29, 1.82) is 0 Å². The molecule has 0 aliphatic heterocycles. The highest BCUT2D eigenvalue weighted by molar-refractivity contribution is 5.89. The van der Waals surface area contributed by atoms with E-state index in [-0.39, 0.29) is 11.7 Å². The lowest BCUT2D eigenvalue weighted by molar-refractivity contribution is -0.116. The summed E-state index contributed by atoms with van der Waals surface area (Å²) in [7, 11) is 0. The molecule has 0 saturated heterocycles. The highest BCUT2D eigenvalue weighted by atomic mass is 19.1. The summed E-state index contributed by atoms with van der Waals surface area (Å²) >= 11 is 0. The smallest absolute Gasteiger partial charge is 0.225 e. The molecule has 0 saturated carbocycles. The van der Waals surface area contributed by atoms with Gasteiger partial charge >= 0.3 is 0 Å². The number of carbonyl (C=O) groups is 1. The van der Waals surface area contributed by atoms with E-state index in [4.69, 9.17) is 4.74 Å². The van der Waals surface area contributed by atoms with E-state index in [1.807, 2.05) is 6.92 Å². The van der Waals surface area contributed by atoms with Gasteiger partial charge in [-0.2, -0.15) is 5.10 Å². The number of carbonyl (C=O) groups excluding carboxylic acids is 1. The molecular formula is C14H16FN3O2. The minimum absolute atomic E-state index is 0.112. The second-order valence-electron chi connectivity index (χ2n) is 4.39. The SMILES string of the molecule is Cc1cc(NC(=O)CCCOc2ccc(F)cc2)n[nH]1. The van der Waals surface area contributed by atoms with Gasteiger partial charge in [-0.25, -0.2) is 4.39 Å². The van der Waals surface area contributed by atoms with Crippen molar-refractivity contribution in [3.05, 3.63) is 41.8 Å². The maximum absolute atomic E-state index is 12.7. The molecule has 1 amide bonds. The van der Waals surface area contributed by atoms with Crippen molar-refractivity contribution in [2.24, 2.45) is 0 Å². The van der Waals surface area contributed by atoms with E-state index in [1.165, 1.54) is 12.1 Å². The first-order valence-corrected chi connectivity index (χ1v) is 6.34. The molecule has 1 aromatic carbocycles. The largest absolute Gasteiger partial charge is 0.494 e. The van der Waals surface area contributed by atoms with Gasteiger partial charge in [-0.05, 0) is 37.6 Å². The van der Waals surface area contributed by atoms with E-state index < -0.39 is 0 Å². The van der Waals surface area contributed by atoms with Crippen LogP contribution in [0.15, 0.2) is 30.3 Å². The van der Waals surface area contributed by atoms with Crippen LogP contribution in [0.5, 0.6) is 5.75 Å². The minimum Gasteiger partial charge on any atom is -0.494 e. The summed E-state index contributed by atoms with van der Waals surface area (Å²) in [4.78, 5) is 11.6. The van der Waals surface area contributed by atoms with Crippen LogP contribution < -0.4 is 10.1 Å². The van der Waals surface area contributed by atoms with Crippen LogP contribution >= 0.6 is 0 Å². The summed E-state index contributed by atoms with van der Waals surface area (Å²) in [6, 6.07) is 7.54. The molecule has 0 atom stereocenters. The van der Waals surface area contributed by atoms with E-state index >= 15 is 0 Å². The molecule has 1 heterocycles. The Morgan fingerprint density at radius 3 is 2.80 bits per heavy atom. The summed E-state index contributed by atoms with van der Waals surface area (Å²) < 4.78 is 18.1. The van der Waals surface area contributed by atoms with Crippen molar-refractivity contribution >= 4 is 11.7 Å². The predicted octanol–water partition coefficient (Wildman–Crippen LogP) is 2.65. The molecular weight excluding hydrogens is 261 g/mol. The number of rotatable bonds is 6. The van der Waals surface area contributed by atoms with E-state index in [9.17, 15) is 9.18 Å². The molecule has 5 nitrogen and oxygen atoms in total. The summed E-state index contributed by atoms with van der Waals surface area (Å²) in [5.74, 6) is 0.701. The lowest BCUT2D eigenvalue weighted by Gasteiger charge is -2.05. The molecule has 0 fully saturated rings. The third-order valence-corrected chi connectivity index (χ3v) is 2.60. The standard InChI is InChI=1S/C14H16FN3O2/c1-10-9-13(18-17-10)16-14(19)3-2-8-20-12-6-4-11(15)5-7-12/h4-7,9H,2-3,8H2,1H3,(H2,16,17,18,19). The van der Waals surface area contributed by atoms with Crippen LogP contribution in [0.25, 0.3) is 0 Å². The number of halogens is 1. The van der Waals surface area contributed by atoms with Crippen LogP contribution in [0.2, 0.25) is 0 Å². The van der Waals surface area contributed by atoms with Crippen molar-refractivity contribution in [2.45, 2.75) is 19.8 Å². The normalized spacial score (nSPS) is 10.3. The Kier molecular flexibility index (Phi) is 4.70. The zero-order chi connectivity index (χ0) is 14.4. The molecule has 0 radical (unpaired) electrons. The van der Waals surface area contributed by atoms with Gasteiger partial charge in [-0.15, -0.1) is 0 Å². The van der Waals surface area contributed by atoms with Crippen LogP contribution in [0.3, 0.4) is 0 Å². The quantitative estimate of drug-likeness (QED) is 0.798. The van der Waals surface area contributed by atoms with Gasteiger partial charge in [0.05, 0.1) is 6.61 Å². The number of hydrogen-bond donors (Lipinski definition) is 2. The van der Waals surface area contributed by atoms with Crippen molar-refractivity contribution in [2.75, 3.05) is 11.9 Å². The van der Waals surface area contributed by atoms with Crippen LogP contribution in [0.4, 0.5) is 10.2 Å².